The number of aryl methyl sites for hydroxylation is 4. The van der Waals surface area contributed by atoms with Gasteiger partial charge in [-0.05, 0) is 20.3 Å². The third-order valence-corrected chi connectivity index (χ3v) is 4.51. The minimum Gasteiger partial charge on any atom is -0.360 e. The quantitative estimate of drug-likeness (QED) is 0.726. The summed E-state index contributed by atoms with van der Waals surface area (Å²) in [7, 11) is 1.49. The van der Waals surface area contributed by atoms with E-state index in [0.29, 0.717) is 17.7 Å². The Morgan fingerprint density at radius 3 is 3.00 bits per heavy atom. The van der Waals surface area contributed by atoms with Gasteiger partial charge in [0, 0.05) is 32.3 Å². The number of nitrogens with zero attached hydrogens (tertiary/aromatic N) is 5. The van der Waals surface area contributed by atoms with Crippen LogP contribution in [0.2, 0.25) is 0 Å². The molecule has 0 unspecified atom stereocenters. The smallest absolute Gasteiger partial charge is 0.296 e. The van der Waals surface area contributed by atoms with E-state index in [-0.39, 0.29) is 28.7 Å². The second kappa shape index (κ2) is 5.54. The first-order valence-corrected chi connectivity index (χ1v) is 8.11. The van der Waals surface area contributed by atoms with Crippen molar-refractivity contribution in [3.05, 3.63) is 39.5 Å². The van der Waals surface area contributed by atoms with E-state index in [0.717, 1.165) is 29.0 Å². The van der Waals surface area contributed by atoms with Crippen LogP contribution >= 0.6 is 0 Å². The van der Waals surface area contributed by atoms with Gasteiger partial charge in [-0.1, -0.05) is 5.16 Å². The first-order chi connectivity index (χ1) is 11.9. The van der Waals surface area contributed by atoms with Crippen LogP contribution in [0.15, 0.2) is 15.5 Å². The Morgan fingerprint density at radius 1 is 1.40 bits per heavy atom. The fourth-order valence-corrected chi connectivity index (χ4v) is 3.31. The molecule has 0 spiro atoms. The molecule has 9 nitrogen and oxygen atoms in total. The fraction of sp³-hybridized carbons (Fsp3) is 0.438. The molecule has 4 rings (SSSR count). The van der Waals surface area contributed by atoms with Crippen molar-refractivity contribution in [1.29, 1.82) is 0 Å². The molecule has 130 valence electrons. The van der Waals surface area contributed by atoms with Crippen LogP contribution in [-0.2, 0) is 20.0 Å². The summed E-state index contributed by atoms with van der Waals surface area (Å²) in [5, 5.41) is 11.3. The molecule has 9 heteroatoms. The van der Waals surface area contributed by atoms with Crippen molar-refractivity contribution in [2.45, 2.75) is 39.3 Å². The third kappa shape index (κ3) is 2.51. The third-order valence-electron chi connectivity index (χ3n) is 4.51. The van der Waals surface area contributed by atoms with Gasteiger partial charge in [0.2, 0.25) is 0 Å². The topological polar surface area (TPSA) is 108 Å². The summed E-state index contributed by atoms with van der Waals surface area (Å²) in [4.78, 5) is 29.3. The number of hydrogen-bond donors (Lipinski definition) is 1. The first-order valence-electron chi connectivity index (χ1n) is 8.11. The number of aromatic nitrogens is 5. The number of hydrogen-bond acceptors (Lipinski definition) is 6. The lowest BCUT2D eigenvalue weighted by Gasteiger charge is -2.24. The molecule has 1 atom stereocenters. The molecular weight excluding hydrogens is 324 g/mol. The van der Waals surface area contributed by atoms with E-state index in [1.54, 1.807) is 6.92 Å². The van der Waals surface area contributed by atoms with Crippen molar-refractivity contribution >= 4 is 16.8 Å². The van der Waals surface area contributed by atoms with Crippen LogP contribution in [0.3, 0.4) is 0 Å². The lowest BCUT2D eigenvalue weighted by Crippen LogP contribution is -2.41. The molecule has 3 aromatic rings. The van der Waals surface area contributed by atoms with Gasteiger partial charge in [-0.15, -0.1) is 0 Å². The molecule has 1 aliphatic heterocycles. The maximum absolute atomic E-state index is 12.8. The highest BCUT2D eigenvalue weighted by molar-refractivity contribution is 6.04. The molecule has 1 N–H and O–H groups in total. The standard InChI is InChI=1S/C16H18N6O3/c1-8-6-22-7-10(4-5-11(22)17-8)18-15(23)13-12-9(2)25-20-14(12)16(24)21(3)19-13/h6,10H,4-5,7H2,1-3H3,(H,18,23)/t10-/m0/s1. The SMILES string of the molecule is Cc1cn2c(n1)CC[C@H](NC(=O)c1nn(C)c(=O)c3noc(C)c13)C2. The zero-order valence-corrected chi connectivity index (χ0v) is 14.2. The van der Waals surface area contributed by atoms with Crippen LogP contribution in [0, 0.1) is 13.8 Å². The Bertz CT molecular complexity index is 1040. The molecule has 0 saturated heterocycles. The second-order valence-electron chi connectivity index (χ2n) is 6.40. The Morgan fingerprint density at radius 2 is 2.20 bits per heavy atom. The van der Waals surface area contributed by atoms with Gasteiger partial charge < -0.3 is 14.4 Å². The van der Waals surface area contributed by atoms with Crippen LogP contribution in [0.4, 0.5) is 0 Å². The van der Waals surface area contributed by atoms with E-state index in [1.165, 1.54) is 7.05 Å². The van der Waals surface area contributed by atoms with E-state index in [1.807, 2.05) is 13.1 Å². The van der Waals surface area contributed by atoms with Crippen LogP contribution in [0.25, 0.3) is 10.9 Å². The number of nitrogens with one attached hydrogen (secondary N) is 1. The number of rotatable bonds is 2. The van der Waals surface area contributed by atoms with Crippen molar-refractivity contribution in [3.63, 3.8) is 0 Å². The lowest BCUT2D eigenvalue weighted by molar-refractivity contribution is 0.0922. The van der Waals surface area contributed by atoms with E-state index in [9.17, 15) is 9.59 Å². The number of carbonyl (C=O) groups is 1. The molecule has 0 radical (unpaired) electrons. The fourth-order valence-electron chi connectivity index (χ4n) is 3.31. The summed E-state index contributed by atoms with van der Waals surface area (Å²) in [5.41, 5.74) is 0.864. The summed E-state index contributed by atoms with van der Waals surface area (Å²) >= 11 is 0. The zero-order chi connectivity index (χ0) is 17.7. The summed E-state index contributed by atoms with van der Waals surface area (Å²) in [6, 6.07) is -0.0251. The average molecular weight is 342 g/mol. The van der Waals surface area contributed by atoms with Crippen LogP contribution in [0.1, 0.15) is 34.2 Å². The molecule has 0 fully saturated rings. The predicted molar refractivity (Wildman–Crippen MR) is 88.3 cm³/mol. The van der Waals surface area contributed by atoms with Crippen LogP contribution in [-0.4, -0.2) is 36.4 Å². The highest BCUT2D eigenvalue weighted by atomic mass is 16.5. The van der Waals surface area contributed by atoms with Crippen LogP contribution in [0.5, 0.6) is 0 Å². The largest absolute Gasteiger partial charge is 0.360 e. The zero-order valence-electron chi connectivity index (χ0n) is 14.2. The molecule has 3 aromatic heterocycles. The molecule has 0 bridgehead atoms. The Kier molecular flexibility index (Phi) is 3.45. The monoisotopic (exact) mass is 342 g/mol. The summed E-state index contributed by atoms with van der Waals surface area (Å²) in [6.07, 6.45) is 3.60. The van der Waals surface area contributed by atoms with Crippen molar-refractivity contribution in [1.82, 2.24) is 29.8 Å². The van der Waals surface area contributed by atoms with E-state index < -0.39 is 0 Å². The Balaban J connectivity index is 1.64. The number of amides is 1. The minimum absolute atomic E-state index is 0.0251. The average Bonchev–Trinajstić information content (AvgIpc) is 3.12. The molecule has 25 heavy (non-hydrogen) atoms. The molecule has 1 aliphatic rings. The number of fused-ring (bicyclic) bond motifs is 2. The van der Waals surface area contributed by atoms with Crippen LogP contribution < -0.4 is 10.9 Å². The van der Waals surface area contributed by atoms with Gasteiger partial charge in [-0.2, -0.15) is 5.10 Å². The van der Waals surface area contributed by atoms with Crippen molar-refractivity contribution < 1.29 is 9.32 Å². The predicted octanol–water partition coefficient (Wildman–Crippen LogP) is 0.480. The number of carbonyl (C=O) groups excluding carboxylic acids is 1. The van der Waals surface area contributed by atoms with Gasteiger partial charge in [0.15, 0.2) is 11.2 Å². The van der Waals surface area contributed by atoms with E-state index in [4.69, 9.17) is 4.52 Å². The molecule has 0 aromatic carbocycles. The summed E-state index contributed by atoms with van der Waals surface area (Å²) in [6.45, 7) is 4.28. The number of imidazole rings is 1. The van der Waals surface area contributed by atoms with Gasteiger partial charge in [-0.3, -0.25) is 9.59 Å². The molecule has 4 heterocycles. The molecule has 0 saturated carbocycles. The highest BCUT2D eigenvalue weighted by Gasteiger charge is 2.26. The van der Waals surface area contributed by atoms with Crippen molar-refractivity contribution in [2.75, 3.05) is 0 Å². The van der Waals surface area contributed by atoms with Gasteiger partial charge >= 0.3 is 0 Å². The van der Waals surface area contributed by atoms with Gasteiger partial charge in [0.25, 0.3) is 11.5 Å². The Labute approximate surface area is 142 Å². The van der Waals surface area contributed by atoms with E-state index in [2.05, 4.69) is 25.1 Å². The minimum atomic E-state index is -0.389. The van der Waals surface area contributed by atoms with Gasteiger partial charge in [-0.25, -0.2) is 9.67 Å². The summed E-state index contributed by atoms with van der Waals surface area (Å²) in [5.74, 6) is 1.11. The molecule has 1 amide bonds. The first kappa shape index (κ1) is 15.6. The summed E-state index contributed by atoms with van der Waals surface area (Å²) < 4.78 is 8.26. The van der Waals surface area contributed by atoms with Crippen molar-refractivity contribution in [3.8, 4) is 0 Å². The van der Waals surface area contributed by atoms with Gasteiger partial charge in [0.05, 0.1) is 11.1 Å². The highest BCUT2D eigenvalue weighted by Crippen LogP contribution is 2.19. The maximum atomic E-state index is 12.8. The lowest BCUT2D eigenvalue weighted by atomic mass is 10.1. The van der Waals surface area contributed by atoms with Crippen molar-refractivity contribution in [2.24, 2.45) is 7.05 Å². The second-order valence-corrected chi connectivity index (χ2v) is 6.40. The molecular formula is C16H18N6O3. The Hall–Kier alpha value is -2.97. The normalized spacial score (nSPS) is 16.8. The van der Waals surface area contributed by atoms with Gasteiger partial charge in [0.1, 0.15) is 11.6 Å². The van der Waals surface area contributed by atoms with E-state index >= 15 is 0 Å². The molecule has 0 aliphatic carbocycles. The maximum Gasteiger partial charge on any atom is 0.296 e.